The first-order chi connectivity index (χ1) is 13.6. The van der Waals surface area contributed by atoms with Crippen molar-refractivity contribution in [2.75, 3.05) is 18.5 Å². The van der Waals surface area contributed by atoms with Gasteiger partial charge in [0.05, 0.1) is 10.5 Å². The molecule has 0 bridgehead atoms. The van der Waals surface area contributed by atoms with E-state index in [1.54, 1.807) is 0 Å². The molecule has 8 heteroatoms. The van der Waals surface area contributed by atoms with Crippen LogP contribution in [-0.4, -0.2) is 33.4 Å². The molecule has 0 saturated heterocycles. The Morgan fingerprint density at radius 1 is 1.07 bits per heavy atom. The first kappa shape index (κ1) is 22.3. The van der Waals surface area contributed by atoms with E-state index in [9.17, 15) is 18.0 Å². The molecule has 0 aliphatic carbocycles. The van der Waals surface area contributed by atoms with Crippen molar-refractivity contribution >= 4 is 27.6 Å². The van der Waals surface area contributed by atoms with Crippen LogP contribution in [0.25, 0.3) is 0 Å². The van der Waals surface area contributed by atoms with Crippen LogP contribution in [0.15, 0.2) is 53.9 Å². The first-order valence-electron chi connectivity index (χ1n) is 8.89. The van der Waals surface area contributed by atoms with Crippen LogP contribution in [0.2, 0.25) is 0 Å². The predicted octanol–water partition coefficient (Wildman–Crippen LogP) is 2.87. The molecule has 0 aliphatic rings. The van der Waals surface area contributed by atoms with E-state index in [4.69, 9.17) is 4.74 Å². The third-order valence-corrected chi connectivity index (χ3v) is 5.53. The highest BCUT2D eigenvalue weighted by molar-refractivity contribution is 7.89. The van der Waals surface area contributed by atoms with Gasteiger partial charge in [-0.05, 0) is 56.2 Å². The van der Waals surface area contributed by atoms with Crippen LogP contribution >= 0.6 is 0 Å². The van der Waals surface area contributed by atoms with E-state index in [0.29, 0.717) is 5.69 Å². The van der Waals surface area contributed by atoms with Gasteiger partial charge < -0.3 is 10.1 Å². The molecule has 1 amide bonds. The van der Waals surface area contributed by atoms with Gasteiger partial charge in [0.1, 0.15) is 0 Å². The lowest BCUT2D eigenvalue weighted by atomic mass is 10.1. The number of carbonyl (C=O) groups is 2. The molecule has 0 spiro atoms. The molecule has 0 atom stereocenters. The lowest BCUT2D eigenvalue weighted by molar-refractivity contribution is -0.119. The maximum Gasteiger partial charge on any atom is 0.338 e. The Kier molecular flexibility index (Phi) is 7.30. The molecule has 0 aromatic heterocycles. The summed E-state index contributed by atoms with van der Waals surface area (Å²) in [4.78, 5) is 24.3. The molecular weight excluding hydrogens is 392 g/mol. The summed E-state index contributed by atoms with van der Waals surface area (Å²) < 4.78 is 31.4. The molecule has 0 heterocycles. The molecular formula is C21H24N2O5S. The topological polar surface area (TPSA) is 102 Å². The van der Waals surface area contributed by atoms with Gasteiger partial charge in [-0.3, -0.25) is 4.79 Å². The minimum Gasteiger partial charge on any atom is -0.452 e. The van der Waals surface area contributed by atoms with Crippen molar-refractivity contribution in [1.82, 2.24) is 4.72 Å². The Labute approximate surface area is 170 Å². The Morgan fingerprint density at radius 2 is 1.66 bits per heavy atom. The number of amides is 1. The van der Waals surface area contributed by atoms with E-state index in [1.165, 1.54) is 30.3 Å². The highest BCUT2D eigenvalue weighted by atomic mass is 32.2. The number of ether oxygens (including phenoxy) is 1. The van der Waals surface area contributed by atoms with Gasteiger partial charge in [0.2, 0.25) is 10.0 Å². The minimum atomic E-state index is -3.67. The van der Waals surface area contributed by atoms with E-state index in [0.717, 1.165) is 16.7 Å². The number of aryl methyl sites for hydroxylation is 3. The van der Waals surface area contributed by atoms with E-state index in [1.807, 2.05) is 32.9 Å². The monoisotopic (exact) mass is 416 g/mol. The quantitative estimate of drug-likeness (QED) is 0.509. The normalized spacial score (nSPS) is 11.0. The van der Waals surface area contributed by atoms with E-state index in [-0.39, 0.29) is 17.0 Å². The zero-order valence-electron chi connectivity index (χ0n) is 16.6. The zero-order chi connectivity index (χ0) is 21.6. The minimum absolute atomic E-state index is 0.0129. The van der Waals surface area contributed by atoms with Crippen LogP contribution in [0.1, 0.15) is 27.0 Å². The number of hydrogen-bond donors (Lipinski definition) is 2. The maximum atomic E-state index is 12.1. The fourth-order valence-corrected chi connectivity index (χ4v) is 3.79. The highest BCUT2D eigenvalue weighted by Crippen LogP contribution is 2.21. The molecule has 0 saturated carbocycles. The first-order valence-corrected chi connectivity index (χ1v) is 10.4. The van der Waals surface area contributed by atoms with Crippen LogP contribution in [0.5, 0.6) is 0 Å². The molecule has 2 N–H and O–H groups in total. The summed E-state index contributed by atoms with van der Waals surface area (Å²) in [6.07, 6.45) is 1.42. The average Bonchev–Trinajstić information content (AvgIpc) is 2.67. The molecule has 2 aromatic carbocycles. The van der Waals surface area contributed by atoms with Crippen molar-refractivity contribution in [2.24, 2.45) is 0 Å². The van der Waals surface area contributed by atoms with Gasteiger partial charge in [-0.15, -0.1) is 6.58 Å². The number of rotatable bonds is 8. The number of nitrogens with one attached hydrogen (secondary N) is 2. The Bertz CT molecular complexity index is 1000. The zero-order valence-corrected chi connectivity index (χ0v) is 17.4. The van der Waals surface area contributed by atoms with Crippen molar-refractivity contribution in [3.05, 3.63) is 71.3 Å². The molecule has 2 aromatic rings. The molecule has 29 heavy (non-hydrogen) atoms. The van der Waals surface area contributed by atoms with Gasteiger partial charge in [0.25, 0.3) is 5.91 Å². The van der Waals surface area contributed by atoms with E-state index >= 15 is 0 Å². The summed E-state index contributed by atoms with van der Waals surface area (Å²) in [5, 5.41) is 2.75. The standard InChI is InChI=1S/C21H24N2O5S/c1-5-10-22-29(26,27)18-8-6-17(7-9-18)21(25)28-13-19(24)23-20-15(3)11-14(2)12-16(20)4/h5-9,11-12,22H,1,10,13H2,2-4H3,(H,23,24). The van der Waals surface area contributed by atoms with E-state index < -0.39 is 28.5 Å². The summed E-state index contributed by atoms with van der Waals surface area (Å²) >= 11 is 0. The molecule has 0 radical (unpaired) electrons. The van der Waals surface area contributed by atoms with Crippen LogP contribution in [0, 0.1) is 20.8 Å². The number of carbonyl (C=O) groups excluding carboxylic acids is 2. The Hall–Kier alpha value is -2.97. The Balaban J connectivity index is 1.97. The molecule has 0 unspecified atom stereocenters. The number of benzene rings is 2. The number of sulfonamides is 1. The lowest BCUT2D eigenvalue weighted by Crippen LogP contribution is -2.24. The Morgan fingerprint density at radius 3 is 2.21 bits per heavy atom. The maximum absolute atomic E-state index is 12.1. The highest BCUT2D eigenvalue weighted by Gasteiger charge is 2.16. The van der Waals surface area contributed by atoms with Crippen molar-refractivity contribution in [3.8, 4) is 0 Å². The average molecular weight is 416 g/mol. The van der Waals surface area contributed by atoms with Gasteiger partial charge in [-0.25, -0.2) is 17.9 Å². The van der Waals surface area contributed by atoms with Crippen molar-refractivity contribution in [3.63, 3.8) is 0 Å². The molecule has 0 fully saturated rings. The van der Waals surface area contributed by atoms with Crippen molar-refractivity contribution in [1.29, 1.82) is 0 Å². The summed E-state index contributed by atoms with van der Waals surface area (Å²) in [7, 11) is -3.67. The molecule has 7 nitrogen and oxygen atoms in total. The van der Waals surface area contributed by atoms with Crippen molar-refractivity contribution in [2.45, 2.75) is 25.7 Å². The van der Waals surface area contributed by atoms with Gasteiger partial charge >= 0.3 is 5.97 Å². The molecule has 0 aliphatic heterocycles. The van der Waals surface area contributed by atoms with Crippen LogP contribution in [0.3, 0.4) is 0 Å². The van der Waals surface area contributed by atoms with Crippen LogP contribution in [-0.2, 0) is 19.6 Å². The SMILES string of the molecule is C=CCNS(=O)(=O)c1ccc(C(=O)OCC(=O)Nc2c(C)cc(C)cc2C)cc1. The second-order valence-corrected chi connectivity index (χ2v) is 8.33. The van der Waals surface area contributed by atoms with Crippen LogP contribution < -0.4 is 10.0 Å². The van der Waals surface area contributed by atoms with Gasteiger partial charge in [0.15, 0.2) is 6.61 Å². The van der Waals surface area contributed by atoms with Gasteiger partial charge in [-0.2, -0.15) is 0 Å². The summed E-state index contributed by atoms with van der Waals surface area (Å²) in [5.74, 6) is -1.18. The van der Waals surface area contributed by atoms with Gasteiger partial charge in [0, 0.05) is 12.2 Å². The number of esters is 1. The smallest absolute Gasteiger partial charge is 0.338 e. The summed E-state index contributed by atoms with van der Waals surface area (Å²) in [6.45, 7) is 8.85. The fraction of sp³-hybridized carbons (Fsp3) is 0.238. The second-order valence-electron chi connectivity index (χ2n) is 6.56. The fourth-order valence-electron chi connectivity index (χ4n) is 2.79. The number of anilines is 1. The lowest BCUT2D eigenvalue weighted by Gasteiger charge is -2.13. The summed E-state index contributed by atoms with van der Waals surface area (Å²) in [6, 6.07) is 9.15. The van der Waals surface area contributed by atoms with Crippen LogP contribution in [0.4, 0.5) is 5.69 Å². The largest absolute Gasteiger partial charge is 0.452 e. The number of hydrogen-bond acceptors (Lipinski definition) is 5. The summed E-state index contributed by atoms with van der Waals surface area (Å²) in [5.41, 5.74) is 3.77. The third-order valence-electron chi connectivity index (χ3n) is 4.09. The second kappa shape index (κ2) is 9.49. The predicted molar refractivity (Wildman–Crippen MR) is 111 cm³/mol. The van der Waals surface area contributed by atoms with E-state index in [2.05, 4.69) is 16.6 Å². The third kappa shape index (κ3) is 6.00. The van der Waals surface area contributed by atoms with Gasteiger partial charge in [-0.1, -0.05) is 23.8 Å². The molecule has 154 valence electrons. The molecule has 2 rings (SSSR count). The van der Waals surface area contributed by atoms with Crippen molar-refractivity contribution < 1.29 is 22.7 Å².